The maximum Gasteiger partial charge on any atom is 0.0726 e. The zero-order chi connectivity index (χ0) is 13.3. The monoisotopic (exact) mass is 262 g/mol. The van der Waals surface area contributed by atoms with Crippen LogP contribution in [-0.4, -0.2) is 23.5 Å². The second-order valence-electron chi connectivity index (χ2n) is 5.30. The van der Waals surface area contributed by atoms with Gasteiger partial charge in [-0.2, -0.15) is 0 Å². The predicted molar refractivity (Wildman–Crippen MR) is 79.7 cm³/mol. The molecule has 96 valence electrons. The predicted octanol–water partition coefficient (Wildman–Crippen LogP) is 4.00. The lowest BCUT2D eigenvalue weighted by Crippen LogP contribution is -2.43. The van der Waals surface area contributed by atoms with Crippen LogP contribution in [0.25, 0.3) is 10.9 Å². The highest BCUT2D eigenvalue weighted by molar-refractivity contribution is 6.18. The van der Waals surface area contributed by atoms with Crippen molar-refractivity contribution >= 4 is 28.2 Å². The number of benzene rings is 1. The number of nitrogens with zero attached hydrogens (tertiary/aromatic N) is 2. The maximum atomic E-state index is 6.07. The standard InChI is InChI=1S/C15H19ClN2/c1-11-9-14(18(4)15(2,3)10-16)12-7-5-6-8-13(12)17-11/h5-9H,10H2,1-4H3. The Morgan fingerprint density at radius 3 is 2.61 bits per heavy atom. The fourth-order valence-electron chi connectivity index (χ4n) is 1.98. The van der Waals surface area contributed by atoms with Crippen LogP contribution in [0.4, 0.5) is 5.69 Å². The lowest BCUT2D eigenvalue weighted by atomic mass is 10.0. The summed E-state index contributed by atoms with van der Waals surface area (Å²) >= 11 is 6.07. The van der Waals surface area contributed by atoms with Crippen LogP contribution in [0.15, 0.2) is 30.3 Å². The summed E-state index contributed by atoms with van der Waals surface area (Å²) in [5, 5.41) is 1.17. The van der Waals surface area contributed by atoms with Crippen molar-refractivity contribution < 1.29 is 0 Å². The molecule has 0 saturated heterocycles. The van der Waals surface area contributed by atoms with E-state index in [0.717, 1.165) is 11.2 Å². The van der Waals surface area contributed by atoms with E-state index in [1.54, 1.807) is 0 Å². The molecule has 0 saturated carbocycles. The summed E-state index contributed by atoms with van der Waals surface area (Å²) in [5.41, 5.74) is 3.16. The number of para-hydroxylation sites is 1. The average molecular weight is 263 g/mol. The number of aromatic nitrogens is 1. The Hall–Kier alpha value is -1.28. The smallest absolute Gasteiger partial charge is 0.0726 e. The number of pyridine rings is 1. The number of anilines is 1. The van der Waals surface area contributed by atoms with Gasteiger partial charge in [-0.3, -0.25) is 4.98 Å². The third-order valence-corrected chi connectivity index (χ3v) is 4.07. The molecule has 0 radical (unpaired) electrons. The largest absolute Gasteiger partial charge is 0.368 e. The van der Waals surface area contributed by atoms with Crippen molar-refractivity contribution in [3.05, 3.63) is 36.0 Å². The number of hydrogen-bond acceptors (Lipinski definition) is 2. The minimum atomic E-state index is -0.0852. The summed E-state index contributed by atoms with van der Waals surface area (Å²) in [6.07, 6.45) is 0. The molecule has 1 aromatic carbocycles. The fraction of sp³-hybridized carbons (Fsp3) is 0.400. The normalized spacial score (nSPS) is 11.8. The van der Waals surface area contributed by atoms with Crippen LogP contribution in [0, 0.1) is 6.92 Å². The number of fused-ring (bicyclic) bond motifs is 1. The summed E-state index contributed by atoms with van der Waals surface area (Å²) in [5.74, 6) is 0.583. The summed E-state index contributed by atoms with van der Waals surface area (Å²) in [6, 6.07) is 10.3. The van der Waals surface area contributed by atoms with Crippen molar-refractivity contribution in [3.8, 4) is 0 Å². The van der Waals surface area contributed by atoms with Gasteiger partial charge in [0.15, 0.2) is 0 Å². The van der Waals surface area contributed by atoms with Crippen LogP contribution in [0.3, 0.4) is 0 Å². The lowest BCUT2D eigenvalue weighted by molar-refractivity contribution is 0.546. The molecule has 18 heavy (non-hydrogen) atoms. The highest BCUT2D eigenvalue weighted by Crippen LogP contribution is 2.30. The van der Waals surface area contributed by atoms with Crippen LogP contribution in [0.5, 0.6) is 0 Å². The van der Waals surface area contributed by atoms with E-state index in [-0.39, 0.29) is 5.54 Å². The van der Waals surface area contributed by atoms with Crippen molar-refractivity contribution in [1.82, 2.24) is 4.98 Å². The third kappa shape index (κ3) is 2.30. The Bertz CT molecular complexity index is 563. The Morgan fingerprint density at radius 1 is 1.28 bits per heavy atom. The van der Waals surface area contributed by atoms with Gasteiger partial charge in [0.25, 0.3) is 0 Å². The van der Waals surface area contributed by atoms with Crippen LogP contribution < -0.4 is 4.90 Å². The molecule has 0 unspecified atom stereocenters. The van der Waals surface area contributed by atoms with Crippen molar-refractivity contribution in [2.24, 2.45) is 0 Å². The van der Waals surface area contributed by atoms with E-state index in [9.17, 15) is 0 Å². The molecular formula is C15H19ClN2. The van der Waals surface area contributed by atoms with Gasteiger partial charge in [-0.15, -0.1) is 11.6 Å². The average Bonchev–Trinajstić information content (AvgIpc) is 2.36. The summed E-state index contributed by atoms with van der Waals surface area (Å²) in [6.45, 7) is 6.31. The molecule has 1 aromatic heterocycles. The summed E-state index contributed by atoms with van der Waals surface area (Å²) in [7, 11) is 2.09. The van der Waals surface area contributed by atoms with Crippen molar-refractivity contribution in [2.45, 2.75) is 26.3 Å². The second-order valence-corrected chi connectivity index (χ2v) is 5.57. The summed E-state index contributed by atoms with van der Waals surface area (Å²) in [4.78, 5) is 6.80. The Balaban J connectivity index is 2.63. The highest BCUT2D eigenvalue weighted by atomic mass is 35.5. The van der Waals surface area contributed by atoms with Gasteiger partial charge < -0.3 is 4.90 Å². The molecule has 1 heterocycles. The summed E-state index contributed by atoms with van der Waals surface area (Å²) < 4.78 is 0. The van der Waals surface area contributed by atoms with Gasteiger partial charge in [-0.05, 0) is 32.9 Å². The topological polar surface area (TPSA) is 16.1 Å². The molecule has 0 aliphatic rings. The molecule has 0 fully saturated rings. The second kappa shape index (κ2) is 4.77. The SMILES string of the molecule is Cc1cc(N(C)C(C)(C)CCl)c2ccccc2n1. The number of aryl methyl sites for hydroxylation is 1. The molecule has 0 aliphatic heterocycles. The molecule has 2 nitrogen and oxygen atoms in total. The molecule has 2 rings (SSSR count). The Morgan fingerprint density at radius 2 is 1.94 bits per heavy atom. The van der Waals surface area contributed by atoms with E-state index in [2.05, 4.69) is 42.9 Å². The zero-order valence-electron chi connectivity index (χ0n) is 11.4. The van der Waals surface area contributed by atoms with Gasteiger partial charge in [0.05, 0.1) is 5.52 Å². The van der Waals surface area contributed by atoms with Crippen molar-refractivity contribution in [1.29, 1.82) is 0 Å². The van der Waals surface area contributed by atoms with E-state index < -0.39 is 0 Å². The quantitative estimate of drug-likeness (QED) is 0.778. The van der Waals surface area contributed by atoms with E-state index in [1.807, 2.05) is 25.1 Å². The van der Waals surface area contributed by atoms with Crippen LogP contribution >= 0.6 is 11.6 Å². The van der Waals surface area contributed by atoms with E-state index in [1.165, 1.54) is 11.1 Å². The minimum Gasteiger partial charge on any atom is -0.368 e. The van der Waals surface area contributed by atoms with Crippen LogP contribution in [0.2, 0.25) is 0 Å². The first-order valence-corrected chi connectivity index (χ1v) is 6.65. The van der Waals surface area contributed by atoms with Gasteiger partial charge in [0.1, 0.15) is 0 Å². The van der Waals surface area contributed by atoms with E-state index >= 15 is 0 Å². The third-order valence-electron chi connectivity index (χ3n) is 3.42. The number of rotatable bonds is 3. The maximum absolute atomic E-state index is 6.07. The van der Waals surface area contributed by atoms with Gasteiger partial charge in [0.2, 0.25) is 0 Å². The van der Waals surface area contributed by atoms with Gasteiger partial charge in [-0.25, -0.2) is 0 Å². The highest BCUT2D eigenvalue weighted by Gasteiger charge is 2.24. The van der Waals surface area contributed by atoms with Gasteiger partial charge in [0, 0.05) is 35.2 Å². The Kier molecular flexibility index (Phi) is 3.49. The molecule has 2 aromatic rings. The van der Waals surface area contributed by atoms with Gasteiger partial charge >= 0.3 is 0 Å². The molecule has 0 amide bonds. The molecule has 0 atom stereocenters. The first-order valence-electron chi connectivity index (χ1n) is 6.12. The van der Waals surface area contributed by atoms with Gasteiger partial charge in [-0.1, -0.05) is 18.2 Å². The first-order chi connectivity index (χ1) is 8.45. The zero-order valence-corrected chi connectivity index (χ0v) is 12.1. The van der Waals surface area contributed by atoms with Crippen LogP contribution in [-0.2, 0) is 0 Å². The number of alkyl halides is 1. The lowest BCUT2D eigenvalue weighted by Gasteiger charge is -2.36. The molecular weight excluding hydrogens is 244 g/mol. The van der Waals surface area contributed by atoms with Crippen LogP contribution in [0.1, 0.15) is 19.5 Å². The fourth-order valence-corrected chi connectivity index (χ4v) is 2.16. The first kappa shape index (κ1) is 13.2. The van der Waals surface area contributed by atoms with Crippen molar-refractivity contribution in [2.75, 3.05) is 17.8 Å². The molecule has 0 bridgehead atoms. The van der Waals surface area contributed by atoms with E-state index in [4.69, 9.17) is 11.6 Å². The number of halogens is 1. The molecule has 0 spiro atoms. The molecule has 0 N–H and O–H groups in total. The minimum absolute atomic E-state index is 0.0852. The number of hydrogen-bond donors (Lipinski definition) is 0. The van der Waals surface area contributed by atoms with E-state index in [0.29, 0.717) is 5.88 Å². The molecule has 3 heteroatoms. The molecule has 0 aliphatic carbocycles. The Labute approximate surface area is 114 Å². The van der Waals surface area contributed by atoms with Crippen molar-refractivity contribution in [3.63, 3.8) is 0 Å².